The van der Waals surface area contributed by atoms with E-state index in [4.69, 9.17) is 4.74 Å². The van der Waals surface area contributed by atoms with E-state index in [1.807, 2.05) is 0 Å². The van der Waals surface area contributed by atoms with E-state index in [1.54, 1.807) is 0 Å². The highest BCUT2D eigenvalue weighted by atomic mass is 16.5. The molecular weight excluding hydrogens is 186 g/mol. The minimum absolute atomic E-state index is 0.193. The molecule has 2 nitrogen and oxygen atoms in total. The van der Waals surface area contributed by atoms with Crippen molar-refractivity contribution in [3.05, 3.63) is 0 Å². The van der Waals surface area contributed by atoms with Gasteiger partial charge >= 0.3 is 0 Å². The molecule has 0 bridgehead atoms. The molecular formula is C13H29NO. The summed E-state index contributed by atoms with van der Waals surface area (Å²) >= 11 is 0. The quantitative estimate of drug-likeness (QED) is 0.713. The van der Waals surface area contributed by atoms with E-state index in [9.17, 15) is 0 Å². The number of nitrogens with zero attached hydrogens (tertiary/aromatic N) is 1. The lowest BCUT2D eigenvalue weighted by atomic mass is 9.96. The Morgan fingerprint density at radius 3 is 1.60 bits per heavy atom. The van der Waals surface area contributed by atoms with Crippen LogP contribution in [0, 0.1) is 0 Å². The van der Waals surface area contributed by atoms with Crippen molar-refractivity contribution in [1.82, 2.24) is 4.90 Å². The van der Waals surface area contributed by atoms with Gasteiger partial charge in [-0.3, -0.25) is 4.90 Å². The summed E-state index contributed by atoms with van der Waals surface area (Å²) in [6.07, 6.45) is 0.326. The maximum atomic E-state index is 5.62. The Labute approximate surface area is 96.0 Å². The van der Waals surface area contributed by atoms with Crippen molar-refractivity contribution in [3.63, 3.8) is 0 Å². The van der Waals surface area contributed by atoms with Gasteiger partial charge in [0.05, 0.1) is 12.7 Å². The number of rotatable bonds is 4. The van der Waals surface area contributed by atoms with Crippen molar-refractivity contribution < 1.29 is 4.74 Å². The third-order valence-corrected chi connectivity index (χ3v) is 2.39. The molecule has 0 rings (SSSR count). The third kappa shape index (κ3) is 6.16. The zero-order valence-corrected chi connectivity index (χ0v) is 11.8. The van der Waals surface area contributed by atoms with Crippen LogP contribution in [0.25, 0.3) is 0 Å². The van der Waals surface area contributed by atoms with Crippen molar-refractivity contribution in [1.29, 1.82) is 0 Å². The summed E-state index contributed by atoms with van der Waals surface area (Å²) in [7, 11) is 0. The molecule has 2 heteroatoms. The van der Waals surface area contributed by atoms with E-state index in [2.05, 4.69) is 60.3 Å². The fraction of sp³-hybridized carbons (Fsp3) is 1.00. The lowest BCUT2D eigenvalue weighted by molar-refractivity contribution is -0.00840. The molecule has 0 radical (unpaired) electrons. The fourth-order valence-corrected chi connectivity index (χ4v) is 2.06. The Morgan fingerprint density at radius 1 is 0.933 bits per heavy atom. The van der Waals surface area contributed by atoms with Crippen molar-refractivity contribution in [3.8, 4) is 0 Å². The first-order chi connectivity index (χ1) is 6.55. The van der Waals surface area contributed by atoms with E-state index >= 15 is 0 Å². The smallest absolute Gasteiger partial charge is 0.0597 e. The van der Waals surface area contributed by atoms with Gasteiger partial charge in [0, 0.05) is 17.6 Å². The molecule has 0 aromatic rings. The molecule has 0 heterocycles. The average molecular weight is 215 g/mol. The highest BCUT2D eigenvalue weighted by Crippen LogP contribution is 2.23. The van der Waals surface area contributed by atoms with E-state index < -0.39 is 0 Å². The second-order valence-corrected chi connectivity index (χ2v) is 6.41. The average Bonchev–Trinajstić information content (AvgIpc) is 1.92. The van der Waals surface area contributed by atoms with E-state index in [0.29, 0.717) is 6.10 Å². The zero-order chi connectivity index (χ0) is 12.3. The number of ether oxygens (including phenoxy) is 1. The summed E-state index contributed by atoms with van der Waals surface area (Å²) in [5, 5.41) is 0. The van der Waals surface area contributed by atoms with Gasteiger partial charge in [-0.1, -0.05) is 0 Å². The first-order valence-corrected chi connectivity index (χ1v) is 5.94. The topological polar surface area (TPSA) is 12.5 Å². The predicted molar refractivity (Wildman–Crippen MR) is 67.3 cm³/mol. The van der Waals surface area contributed by atoms with Crippen LogP contribution in [0.1, 0.15) is 55.4 Å². The summed E-state index contributed by atoms with van der Waals surface area (Å²) in [5.74, 6) is 0. The van der Waals surface area contributed by atoms with Crippen molar-refractivity contribution >= 4 is 0 Å². The van der Waals surface area contributed by atoms with Gasteiger partial charge in [-0.2, -0.15) is 0 Å². The molecule has 0 saturated carbocycles. The van der Waals surface area contributed by atoms with Gasteiger partial charge in [-0.25, -0.2) is 0 Å². The summed E-state index contributed by atoms with van der Waals surface area (Å²) in [6.45, 7) is 19.5. The Morgan fingerprint density at radius 2 is 1.33 bits per heavy atom. The summed E-state index contributed by atoms with van der Waals surface area (Å²) < 4.78 is 5.62. The molecule has 0 aliphatic carbocycles. The van der Waals surface area contributed by atoms with E-state index in [0.717, 1.165) is 13.2 Å². The fourth-order valence-electron chi connectivity index (χ4n) is 2.06. The van der Waals surface area contributed by atoms with Crippen LogP contribution >= 0.6 is 0 Å². The Kier molecular flexibility index (Phi) is 5.28. The lowest BCUT2D eigenvalue weighted by Crippen LogP contribution is -2.53. The first kappa shape index (κ1) is 14.9. The van der Waals surface area contributed by atoms with Crippen LogP contribution in [0.4, 0.5) is 0 Å². The maximum absolute atomic E-state index is 5.62. The molecule has 0 saturated heterocycles. The summed E-state index contributed by atoms with van der Waals surface area (Å²) in [4.78, 5) is 2.49. The molecule has 15 heavy (non-hydrogen) atoms. The van der Waals surface area contributed by atoms with Gasteiger partial charge in [0.1, 0.15) is 0 Å². The third-order valence-electron chi connectivity index (χ3n) is 2.39. The molecule has 0 N–H and O–H groups in total. The van der Waals surface area contributed by atoms with Gasteiger partial charge in [-0.05, 0) is 55.4 Å². The normalized spacial score (nSPS) is 14.0. The molecule has 0 amide bonds. The van der Waals surface area contributed by atoms with Crippen LogP contribution in [-0.2, 0) is 4.74 Å². The Balaban J connectivity index is 4.29. The minimum atomic E-state index is 0.193. The van der Waals surface area contributed by atoms with E-state index in [-0.39, 0.29) is 11.1 Å². The largest absolute Gasteiger partial charge is 0.377 e. The van der Waals surface area contributed by atoms with Crippen molar-refractivity contribution in [2.75, 3.05) is 13.2 Å². The number of hydrogen-bond acceptors (Lipinski definition) is 2. The van der Waals surface area contributed by atoms with Gasteiger partial charge < -0.3 is 4.74 Å². The van der Waals surface area contributed by atoms with Crippen LogP contribution in [0.3, 0.4) is 0 Å². The van der Waals surface area contributed by atoms with Gasteiger partial charge in [0.15, 0.2) is 0 Å². The molecule has 0 aliphatic rings. The van der Waals surface area contributed by atoms with E-state index in [1.165, 1.54) is 0 Å². The van der Waals surface area contributed by atoms with Crippen LogP contribution < -0.4 is 0 Å². The molecule has 0 fully saturated rings. The van der Waals surface area contributed by atoms with Gasteiger partial charge in [0.2, 0.25) is 0 Å². The molecule has 92 valence electrons. The lowest BCUT2D eigenvalue weighted by Gasteiger charge is -2.45. The molecule has 0 aromatic heterocycles. The second kappa shape index (κ2) is 5.31. The summed E-state index contributed by atoms with van der Waals surface area (Å²) in [6, 6.07) is 0. The van der Waals surface area contributed by atoms with Crippen LogP contribution in [-0.4, -0.2) is 35.2 Å². The zero-order valence-electron chi connectivity index (χ0n) is 11.8. The molecule has 0 aliphatic heterocycles. The highest BCUT2D eigenvalue weighted by molar-refractivity contribution is 4.86. The molecule has 0 unspecified atom stereocenters. The Bertz CT molecular complexity index is 160. The van der Waals surface area contributed by atoms with Crippen LogP contribution in [0.15, 0.2) is 0 Å². The second-order valence-electron chi connectivity index (χ2n) is 6.41. The molecule has 0 spiro atoms. The van der Waals surface area contributed by atoms with Crippen LogP contribution in [0.2, 0.25) is 0 Å². The van der Waals surface area contributed by atoms with Gasteiger partial charge in [0.25, 0.3) is 0 Å². The van der Waals surface area contributed by atoms with Crippen LogP contribution in [0.5, 0.6) is 0 Å². The van der Waals surface area contributed by atoms with Gasteiger partial charge in [-0.15, -0.1) is 0 Å². The number of hydrogen-bond donors (Lipinski definition) is 0. The minimum Gasteiger partial charge on any atom is -0.377 e. The summed E-state index contributed by atoms with van der Waals surface area (Å²) in [5.41, 5.74) is 0.386. The van der Waals surface area contributed by atoms with Crippen molar-refractivity contribution in [2.24, 2.45) is 0 Å². The maximum Gasteiger partial charge on any atom is 0.0597 e. The highest BCUT2D eigenvalue weighted by Gasteiger charge is 2.30. The first-order valence-electron chi connectivity index (χ1n) is 5.94. The molecule has 0 aromatic carbocycles. The predicted octanol–water partition coefficient (Wildman–Crippen LogP) is 3.31. The SMILES string of the molecule is CC(C)OCCN(C(C)(C)C)C(C)(C)C. The molecule has 0 atom stereocenters. The monoisotopic (exact) mass is 215 g/mol. The Hall–Kier alpha value is -0.0800. The van der Waals surface area contributed by atoms with Crippen molar-refractivity contribution in [2.45, 2.75) is 72.6 Å². The standard InChI is InChI=1S/C13H29NO/c1-11(2)15-10-9-14(12(3,4)5)13(6,7)8/h11H,9-10H2,1-8H3.